The fraction of sp³-hybridized carbons (Fsp3) is 0.292. The number of amides is 2. The van der Waals surface area contributed by atoms with Gasteiger partial charge in [-0.05, 0) is 72.7 Å². The number of aromatic nitrogens is 3. The first-order valence-corrected chi connectivity index (χ1v) is 12.9. The van der Waals surface area contributed by atoms with Crippen LogP contribution in [-0.4, -0.2) is 38.2 Å². The molecule has 4 heterocycles. The molecule has 2 amide bonds. The first-order chi connectivity index (χ1) is 16.6. The van der Waals surface area contributed by atoms with Crippen LogP contribution in [-0.2, 0) is 11.3 Å². The van der Waals surface area contributed by atoms with Crippen molar-refractivity contribution in [2.24, 2.45) is 0 Å². The van der Waals surface area contributed by atoms with Crippen LogP contribution in [0.15, 0.2) is 52.3 Å². The second kappa shape index (κ2) is 10.5. The lowest BCUT2D eigenvalue weighted by Crippen LogP contribution is -2.37. The minimum atomic E-state index is -0.386. The first kappa shape index (κ1) is 22.7. The quantitative estimate of drug-likeness (QED) is 0.416. The van der Waals surface area contributed by atoms with Crippen molar-refractivity contribution in [2.75, 3.05) is 5.32 Å². The Kier molecular flexibility index (Phi) is 6.98. The molecule has 174 valence electrons. The van der Waals surface area contributed by atoms with Gasteiger partial charge in [-0.1, -0.05) is 6.07 Å². The summed E-state index contributed by atoms with van der Waals surface area (Å²) in [6.07, 6.45) is 9.28. The van der Waals surface area contributed by atoms with E-state index in [0.29, 0.717) is 28.6 Å². The van der Waals surface area contributed by atoms with Gasteiger partial charge in [-0.15, -0.1) is 0 Å². The number of rotatable bonds is 7. The topological polar surface area (TPSA) is 109 Å². The van der Waals surface area contributed by atoms with Gasteiger partial charge in [0.25, 0.3) is 11.1 Å². The van der Waals surface area contributed by atoms with Crippen molar-refractivity contribution in [1.82, 2.24) is 25.6 Å². The van der Waals surface area contributed by atoms with Crippen LogP contribution in [0.25, 0.3) is 17.3 Å². The summed E-state index contributed by atoms with van der Waals surface area (Å²) >= 11 is 2.57. The lowest BCUT2D eigenvalue weighted by atomic mass is 9.91. The van der Waals surface area contributed by atoms with E-state index in [9.17, 15) is 9.59 Å². The van der Waals surface area contributed by atoms with E-state index in [2.05, 4.69) is 53.8 Å². The van der Waals surface area contributed by atoms with Crippen molar-refractivity contribution >= 4 is 46.3 Å². The third-order valence-electron chi connectivity index (χ3n) is 5.93. The highest BCUT2D eigenvalue weighted by Gasteiger charge is 2.25. The highest BCUT2D eigenvalue weighted by atomic mass is 32.2. The first-order valence-electron chi connectivity index (χ1n) is 11.2. The fourth-order valence-electron chi connectivity index (χ4n) is 4.20. The van der Waals surface area contributed by atoms with Crippen molar-refractivity contribution in [2.45, 2.75) is 44.3 Å². The van der Waals surface area contributed by atoms with Crippen molar-refractivity contribution in [3.63, 3.8) is 0 Å². The molecule has 1 aliphatic heterocycles. The van der Waals surface area contributed by atoms with Gasteiger partial charge in [0.2, 0.25) is 5.95 Å². The Morgan fingerprint density at radius 1 is 1.06 bits per heavy atom. The number of thiophene rings is 1. The van der Waals surface area contributed by atoms with Gasteiger partial charge in [0.1, 0.15) is 0 Å². The van der Waals surface area contributed by atoms with E-state index in [1.165, 1.54) is 11.1 Å². The molecule has 3 aromatic heterocycles. The van der Waals surface area contributed by atoms with E-state index in [1.807, 2.05) is 12.3 Å². The van der Waals surface area contributed by atoms with E-state index in [-0.39, 0.29) is 11.1 Å². The minimum Gasteiger partial charge on any atom is -0.351 e. The number of anilines is 1. The van der Waals surface area contributed by atoms with Crippen molar-refractivity contribution in [3.8, 4) is 11.3 Å². The molecule has 1 saturated heterocycles. The van der Waals surface area contributed by atoms with E-state index in [1.54, 1.807) is 29.7 Å². The van der Waals surface area contributed by atoms with Crippen LogP contribution in [0, 0.1) is 0 Å². The normalized spacial score (nSPS) is 21.6. The van der Waals surface area contributed by atoms with Crippen LogP contribution in [0.1, 0.15) is 36.9 Å². The van der Waals surface area contributed by atoms with Crippen molar-refractivity contribution in [3.05, 3.63) is 63.6 Å². The number of hydrogen-bond donors (Lipinski definition) is 3. The molecule has 0 radical (unpaired) electrons. The van der Waals surface area contributed by atoms with Crippen LogP contribution < -0.4 is 16.0 Å². The van der Waals surface area contributed by atoms with E-state index in [0.717, 1.165) is 49.7 Å². The van der Waals surface area contributed by atoms with Crippen LogP contribution in [0.4, 0.5) is 10.7 Å². The molecule has 0 atom stereocenters. The molecular formula is C24H24N6O2S2. The third-order valence-corrected chi connectivity index (χ3v) is 7.42. The van der Waals surface area contributed by atoms with Crippen LogP contribution in [0.2, 0.25) is 0 Å². The minimum absolute atomic E-state index is 0.298. The molecular weight excluding hydrogens is 468 g/mol. The zero-order chi connectivity index (χ0) is 23.3. The lowest BCUT2D eigenvalue weighted by molar-refractivity contribution is -0.115. The molecule has 1 saturated carbocycles. The molecule has 0 bridgehead atoms. The summed E-state index contributed by atoms with van der Waals surface area (Å²) in [7, 11) is 0. The molecule has 1 aliphatic carbocycles. The van der Waals surface area contributed by atoms with Gasteiger partial charge in [-0.3, -0.25) is 19.9 Å². The highest BCUT2D eigenvalue weighted by Crippen LogP contribution is 2.27. The monoisotopic (exact) mass is 492 g/mol. The zero-order valence-corrected chi connectivity index (χ0v) is 20.0. The second-order valence-electron chi connectivity index (χ2n) is 8.25. The van der Waals surface area contributed by atoms with Crippen LogP contribution in [0.5, 0.6) is 0 Å². The maximum atomic E-state index is 11.8. The Labute approximate surface area is 205 Å². The van der Waals surface area contributed by atoms with Crippen LogP contribution in [0.3, 0.4) is 0 Å². The number of pyridine rings is 1. The molecule has 2 fully saturated rings. The fourth-order valence-corrected chi connectivity index (χ4v) is 5.50. The molecule has 10 heteroatoms. The van der Waals surface area contributed by atoms with E-state index in [4.69, 9.17) is 0 Å². The number of thioether (sulfide) groups is 1. The molecule has 3 aromatic rings. The summed E-state index contributed by atoms with van der Waals surface area (Å²) in [6, 6.07) is 8.73. The smallest absolute Gasteiger partial charge is 0.290 e. The maximum absolute atomic E-state index is 11.8. The molecule has 2 aliphatic rings. The van der Waals surface area contributed by atoms with Gasteiger partial charge < -0.3 is 10.6 Å². The summed E-state index contributed by atoms with van der Waals surface area (Å²) in [5, 5.41) is 13.2. The standard InChI is InChI=1S/C24H24N6O2S2/c31-22-20(34-24(32)30-22)12-19-7-10-26-23(29-19)28-18-5-3-17(4-6-18)27-13-15-2-1-9-25-21(15)16-8-11-33-14-16/h1-2,7-12,14,17-18,27H,3-6,13H2,(H,26,28,29)(H,30,31,32)/b20-12+. The summed E-state index contributed by atoms with van der Waals surface area (Å²) in [6.45, 7) is 0.801. The highest BCUT2D eigenvalue weighted by molar-refractivity contribution is 8.18. The number of imide groups is 1. The Morgan fingerprint density at radius 3 is 2.68 bits per heavy atom. The zero-order valence-electron chi connectivity index (χ0n) is 18.4. The van der Waals surface area contributed by atoms with E-state index < -0.39 is 0 Å². The summed E-state index contributed by atoms with van der Waals surface area (Å²) < 4.78 is 0. The Bertz CT molecular complexity index is 1210. The maximum Gasteiger partial charge on any atom is 0.290 e. The summed E-state index contributed by atoms with van der Waals surface area (Å²) in [5.74, 6) is 0.152. The Morgan fingerprint density at radius 2 is 1.91 bits per heavy atom. The van der Waals surface area contributed by atoms with Gasteiger partial charge >= 0.3 is 0 Å². The van der Waals surface area contributed by atoms with Gasteiger partial charge in [-0.2, -0.15) is 11.3 Å². The number of hydrogen-bond acceptors (Lipinski definition) is 9. The van der Waals surface area contributed by atoms with Crippen LogP contribution >= 0.6 is 23.1 Å². The summed E-state index contributed by atoms with van der Waals surface area (Å²) in [5.41, 5.74) is 4.04. The predicted octanol–water partition coefficient (Wildman–Crippen LogP) is 4.44. The molecule has 0 unspecified atom stereocenters. The second-order valence-corrected chi connectivity index (χ2v) is 10.0. The van der Waals surface area contributed by atoms with Crippen molar-refractivity contribution < 1.29 is 9.59 Å². The number of nitrogens with zero attached hydrogens (tertiary/aromatic N) is 3. The SMILES string of the molecule is O=C1NC(=O)/C(=C\c2ccnc(NC3CCC(NCc4cccnc4-c4ccsc4)CC3)n2)S1. The number of nitrogens with one attached hydrogen (secondary N) is 3. The number of carbonyl (C=O) groups is 2. The van der Waals surface area contributed by atoms with Gasteiger partial charge in [-0.25, -0.2) is 9.97 Å². The molecule has 5 rings (SSSR count). The number of carbonyl (C=O) groups excluding carboxylic acids is 2. The molecule has 0 aromatic carbocycles. The lowest BCUT2D eigenvalue weighted by Gasteiger charge is -2.30. The van der Waals surface area contributed by atoms with E-state index >= 15 is 0 Å². The Balaban J connectivity index is 1.13. The largest absolute Gasteiger partial charge is 0.351 e. The average molecular weight is 493 g/mol. The predicted molar refractivity (Wildman–Crippen MR) is 135 cm³/mol. The van der Waals surface area contributed by atoms with Gasteiger partial charge in [0, 0.05) is 42.0 Å². The summed E-state index contributed by atoms with van der Waals surface area (Å²) in [4.78, 5) is 36.9. The third kappa shape index (κ3) is 5.52. The molecule has 3 N–H and O–H groups in total. The molecule has 0 spiro atoms. The van der Waals surface area contributed by atoms with Crippen molar-refractivity contribution in [1.29, 1.82) is 0 Å². The molecule has 8 nitrogen and oxygen atoms in total. The Hall–Kier alpha value is -3.08. The van der Waals surface area contributed by atoms with Gasteiger partial charge in [0.05, 0.1) is 16.3 Å². The van der Waals surface area contributed by atoms with Gasteiger partial charge in [0.15, 0.2) is 0 Å². The average Bonchev–Trinajstić information content (AvgIpc) is 3.49. The molecule has 34 heavy (non-hydrogen) atoms.